The van der Waals surface area contributed by atoms with E-state index in [0.29, 0.717) is 12.1 Å². The van der Waals surface area contributed by atoms with Crippen molar-refractivity contribution in [2.45, 2.75) is 25.0 Å². The van der Waals surface area contributed by atoms with Gasteiger partial charge in [-0.2, -0.15) is 0 Å². The van der Waals surface area contributed by atoms with Crippen molar-refractivity contribution in [2.24, 2.45) is 7.05 Å². The molecule has 0 unspecified atom stereocenters. The zero-order chi connectivity index (χ0) is 19.4. The second-order valence-electron chi connectivity index (χ2n) is 5.78. The van der Waals surface area contributed by atoms with Crippen LogP contribution in [0.4, 0.5) is 0 Å². The molecule has 27 heavy (non-hydrogen) atoms. The zero-order valence-corrected chi connectivity index (χ0v) is 16.3. The number of nitrogens with one attached hydrogen (secondary N) is 2. The van der Waals surface area contributed by atoms with E-state index in [0.717, 1.165) is 9.88 Å². The molecule has 0 aliphatic heterocycles. The first kappa shape index (κ1) is 19.1. The smallest absolute Gasteiger partial charge is 0.270 e. The number of carbonyl (C=O) groups excluding carboxylic acids is 1. The molecule has 0 spiro atoms. The second kappa shape index (κ2) is 7.94. The van der Waals surface area contributed by atoms with Gasteiger partial charge >= 0.3 is 0 Å². The largest absolute Gasteiger partial charge is 0.346 e. The molecule has 0 aliphatic carbocycles. The number of sulfonamides is 1. The number of thiazole rings is 1. The Labute approximate surface area is 160 Å². The van der Waals surface area contributed by atoms with Crippen LogP contribution in [0, 0.1) is 6.92 Å². The molecule has 3 aromatic rings. The van der Waals surface area contributed by atoms with E-state index >= 15 is 0 Å². The summed E-state index contributed by atoms with van der Waals surface area (Å²) in [6.07, 6.45) is 6.02. The highest BCUT2D eigenvalue weighted by Gasteiger charge is 2.16. The second-order valence-corrected chi connectivity index (χ2v) is 8.82. The van der Waals surface area contributed by atoms with E-state index in [2.05, 4.69) is 25.0 Å². The van der Waals surface area contributed by atoms with Crippen molar-refractivity contribution < 1.29 is 13.2 Å². The molecule has 9 nitrogen and oxygen atoms in total. The molecule has 0 saturated heterocycles. The maximum atomic E-state index is 12.1. The van der Waals surface area contributed by atoms with Crippen LogP contribution in [0.2, 0.25) is 0 Å². The monoisotopic (exact) mass is 406 g/mol. The number of nitrogens with zero attached hydrogens (tertiary/aromatic N) is 4. The van der Waals surface area contributed by atoms with Crippen molar-refractivity contribution in [1.82, 2.24) is 29.6 Å². The first-order valence-electron chi connectivity index (χ1n) is 7.95. The maximum absolute atomic E-state index is 12.1. The lowest BCUT2D eigenvalue weighted by Gasteiger charge is -2.06. The van der Waals surface area contributed by atoms with E-state index in [-0.39, 0.29) is 23.2 Å². The normalized spacial score (nSPS) is 11.5. The fourth-order valence-electron chi connectivity index (χ4n) is 2.19. The van der Waals surface area contributed by atoms with Crippen LogP contribution < -0.4 is 10.0 Å². The maximum Gasteiger partial charge on any atom is 0.270 e. The van der Waals surface area contributed by atoms with Crippen LogP contribution in [-0.2, 0) is 30.2 Å². The minimum atomic E-state index is -3.70. The van der Waals surface area contributed by atoms with Crippen LogP contribution in [0.5, 0.6) is 0 Å². The summed E-state index contributed by atoms with van der Waals surface area (Å²) in [5.74, 6) is -0.304. The van der Waals surface area contributed by atoms with E-state index in [1.165, 1.54) is 30.1 Å². The summed E-state index contributed by atoms with van der Waals surface area (Å²) in [4.78, 5) is 25.1. The molecule has 0 aromatic carbocycles. The number of hydrogen-bond donors (Lipinski definition) is 2. The minimum absolute atomic E-state index is 0.0488. The van der Waals surface area contributed by atoms with Gasteiger partial charge in [0.1, 0.15) is 5.69 Å². The highest BCUT2D eigenvalue weighted by atomic mass is 32.2. The molecule has 0 aliphatic rings. The average Bonchev–Trinajstić information content (AvgIpc) is 3.27. The van der Waals surface area contributed by atoms with Crippen molar-refractivity contribution in [3.05, 3.63) is 58.2 Å². The van der Waals surface area contributed by atoms with Crippen LogP contribution in [0.1, 0.15) is 25.9 Å². The van der Waals surface area contributed by atoms with Gasteiger partial charge in [0, 0.05) is 37.1 Å². The summed E-state index contributed by atoms with van der Waals surface area (Å²) >= 11 is 1.52. The standard InChI is InChI=1S/C16H18N6O3S2/c1-11-17-7-13(26-11)8-19-16(23)14-4-3-12(5-18-14)6-21-27(24,25)15-9-22(2)10-20-15/h3-5,7,9-10,21H,6,8H2,1-2H3,(H,19,23). The van der Waals surface area contributed by atoms with Crippen LogP contribution in [0.15, 0.2) is 42.1 Å². The topological polar surface area (TPSA) is 119 Å². The third-order valence-electron chi connectivity index (χ3n) is 3.57. The number of pyridine rings is 1. The molecule has 0 saturated carbocycles. The van der Waals surface area contributed by atoms with Gasteiger partial charge in [0.25, 0.3) is 15.9 Å². The Morgan fingerprint density at radius 2 is 2.00 bits per heavy atom. The van der Waals surface area contributed by atoms with Gasteiger partial charge in [0.15, 0.2) is 5.03 Å². The van der Waals surface area contributed by atoms with Gasteiger partial charge in [-0.3, -0.25) is 9.78 Å². The molecule has 142 valence electrons. The van der Waals surface area contributed by atoms with Crippen LogP contribution >= 0.6 is 11.3 Å². The Bertz CT molecular complexity index is 1040. The fraction of sp³-hybridized carbons (Fsp3) is 0.250. The number of aryl methyl sites for hydroxylation is 2. The molecular weight excluding hydrogens is 388 g/mol. The fourth-order valence-corrected chi connectivity index (χ4v) is 3.92. The van der Waals surface area contributed by atoms with Gasteiger partial charge in [-0.1, -0.05) is 6.07 Å². The van der Waals surface area contributed by atoms with Crippen LogP contribution in [0.25, 0.3) is 0 Å². The molecule has 2 N–H and O–H groups in total. The molecule has 3 rings (SSSR count). The summed E-state index contributed by atoms with van der Waals surface area (Å²) in [6.45, 7) is 2.34. The molecule has 1 amide bonds. The molecule has 0 atom stereocenters. The van der Waals surface area contributed by atoms with Crippen LogP contribution in [0.3, 0.4) is 0 Å². The van der Waals surface area contributed by atoms with Gasteiger partial charge < -0.3 is 9.88 Å². The average molecular weight is 406 g/mol. The lowest BCUT2D eigenvalue weighted by Crippen LogP contribution is -2.25. The predicted molar refractivity (Wildman–Crippen MR) is 99.5 cm³/mol. The van der Waals surface area contributed by atoms with Gasteiger partial charge in [-0.05, 0) is 18.6 Å². The van der Waals surface area contributed by atoms with Crippen molar-refractivity contribution in [3.8, 4) is 0 Å². The minimum Gasteiger partial charge on any atom is -0.346 e. The summed E-state index contributed by atoms with van der Waals surface area (Å²) < 4.78 is 28.3. The Morgan fingerprint density at radius 3 is 2.59 bits per heavy atom. The Kier molecular flexibility index (Phi) is 5.63. The van der Waals surface area contributed by atoms with Crippen molar-refractivity contribution in [3.63, 3.8) is 0 Å². The van der Waals surface area contributed by atoms with Crippen molar-refractivity contribution in [2.75, 3.05) is 0 Å². The van der Waals surface area contributed by atoms with Gasteiger partial charge in [0.05, 0.1) is 17.9 Å². The zero-order valence-electron chi connectivity index (χ0n) is 14.7. The third kappa shape index (κ3) is 4.96. The quantitative estimate of drug-likeness (QED) is 0.604. The highest BCUT2D eigenvalue weighted by molar-refractivity contribution is 7.89. The lowest BCUT2D eigenvalue weighted by atomic mass is 10.2. The number of aromatic nitrogens is 4. The van der Waals surface area contributed by atoms with E-state index in [9.17, 15) is 13.2 Å². The first-order valence-corrected chi connectivity index (χ1v) is 10.3. The number of amides is 1. The summed E-state index contributed by atoms with van der Waals surface area (Å²) in [5, 5.41) is 3.67. The van der Waals surface area contributed by atoms with E-state index in [1.54, 1.807) is 29.9 Å². The van der Waals surface area contributed by atoms with E-state index in [1.807, 2.05) is 6.92 Å². The van der Waals surface area contributed by atoms with Crippen LogP contribution in [-0.4, -0.2) is 33.8 Å². The van der Waals surface area contributed by atoms with Gasteiger partial charge in [-0.25, -0.2) is 23.1 Å². The Hall–Kier alpha value is -2.63. The summed E-state index contributed by atoms with van der Waals surface area (Å²) in [5.41, 5.74) is 0.886. The molecule has 0 bridgehead atoms. The molecule has 3 heterocycles. The lowest BCUT2D eigenvalue weighted by molar-refractivity contribution is 0.0946. The number of imidazole rings is 1. The third-order valence-corrected chi connectivity index (χ3v) is 5.77. The Balaban J connectivity index is 1.56. The van der Waals surface area contributed by atoms with Gasteiger partial charge in [0.2, 0.25) is 0 Å². The SMILES string of the molecule is Cc1ncc(CNC(=O)c2ccc(CNS(=O)(=O)c3cn(C)cn3)cn2)s1. The van der Waals surface area contributed by atoms with Gasteiger partial charge in [-0.15, -0.1) is 11.3 Å². The molecule has 0 radical (unpaired) electrons. The van der Waals surface area contributed by atoms with Crippen molar-refractivity contribution >= 4 is 27.3 Å². The molecule has 0 fully saturated rings. The molecule has 3 aromatic heterocycles. The Morgan fingerprint density at radius 1 is 1.19 bits per heavy atom. The summed E-state index contributed by atoms with van der Waals surface area (Å²) in [7, 11) is -2.00. The predicted octanol–water partition coefficient (Wildman–Crippen LogP) is 0.989. The molecule has 11 heteroatoms. The van der Waals surface area contributed by atoms with Crippen molar-refractivity contribution in [1.29, 1.82) is 0 Å². The molecular formula is C16H18N6O3S2. The number of hydrogen-bond acceptors (Lipinski definition) is 7. The number of rotatable bonds is 7. The highest BCUT2D eigenvalue weighted by Crippen LogP contribution is 2.11. The van der Waals surface area contributed by atoms with E-state index in [4.69, 9.17) is 0 Å². The first-order chi connectivity index (χ1) is 12.8. The van der Waals surface area contributed by atoms with E-state index < -0.39 is 10.0 Å². The number of carbonyl (C=O) groups is 1. The summed E-state index contributed by atoms with van der Waals surface area (Å²) in [6, 6.07) is 3.21.